The lowest BCUT2D eigenvalue weighted by Crippen LogP contribution is -2.33. The molecule has 0 aliphatic heterocycles. The normalized spacial score (nSPS) is 11.0. The molecule has 0 radical (unpaired) electrons. The van der Waals surface area contributed by atoms with E-state index in [-0.39, 0.29) is 17.5 Å². The SMILES string of the molecule is CC(=O)N/C(=C/c1ccccc1C)C(=O)NCc1ccccc1. The zero-order chi connectivity index (χ0) is 16.7. The molecule has 0 saturated heterocycles. The molecule has 0 fully saturated rings. The number of amides is 2. The van der Waals surface area contributed by atoms with Gasteiger partial charge in [-0.15, -0.1) is 0 Å². The minimum Gasteiger partial charge on any atom is -0.347 e. The first-order chi connectivity index (χ1) is 11.1. The Bertz CT molecular complexity index is 721. The largest absolute Gasteiger partial charge is 0.347 e. The van der Waals surface area contributed by atoms with Crippen LogP contribution >= 0.6 is 0 Å². The van der Waals surface area contributed by atoms with Crippen LogP contribution in [0.4, 0.5) is 0 Å². The summed E-state index contributed by atoms with van der Waals surface area (Å²) in [6.07, 6.45) is 1.69. The first kappa shape index (κ1) is 16.5. The molecule has 4 nitrogen and oxygen atoms in total. The Morgan fingerprint density at radius 1 is 1.00 bits per heavy atom. The van der Waals surface area contributed by atoms with Crippen molar-refractivity contribution in [3.8, 4) is 0 Å². The van der Waals surface area contributed by atoms with Gasteiger partial charge in [-0.25, -0.2) is 0 Å². The smallest absolute Gasteiger partial charge is 0.268 e. The summed E-state index contributed by atoms with van der Waals surface area (Å²) in [4.78, 5) is 23.7. The van der Waals surface area contributed by atoms with Crippen LogP contribution in [-0.4, -0.2) is 11.8 Å². The lowest BCUT2D eigenvalue weighted by atomic mass is 10.1. The Hall–Kier alpha value is -2.88. The molecule has 2 N–H and O–H groups in total. The Morgan fingerprint density at radius 3 is 2.30 bits per heavy atom. The molecule has 0 unspecified atom stereocenters. The molecule has 0 atom stereocenters. The van der Waals surface area contributed by atoms with Crippen LogP contribution in [0.15, 0.2) is 60.3 Å². The summed E-state index contributed by atoms with van der Waals surface area (Å²) >= 11 is 0. The fourth-order valence-electron chi connectivity index (χ4n) is 2.13. The molecular weight excluding hydrogens is 288 g/mol. The van der Waals surface area contributed by atoms with Crippen molar-refractivity contribution in [2.24, 2.45) is 0 Å². The van der Waals surface area contributed by atoms with Gasteiger partial charge in [0.05, 0.1) is 0 Å². The Labute approximate surface area is 136 Å². The number of carbonyl (C=O) groups excluding carboxylic acids is 2. The maximum Gasteiger partial charge on any atom is 0.268 e. The summed E-state index contributed by atoms with van der Waals surface area (Å²) in [6, 6.07) is 17.3. The van der Waals surface area contributed by atoms with Crippen molar-refractivity contribution in [3.63, 3.8) is 0 Å². The van der Waals surface area contributed by atoms with E-state index in [1.807, 2.05) is 61.5 Å². The maximum atomic E-state index is 12.4. The molecule has 0 spiro atoms. The molecule has 2 aromatic rings. The van der Waals surface area contributed by atoms with E-state index < -0.39 is 0 Å². The van der Waals surface area contributed by atoms with Crippen LogP contribution in [0, 0.1) is 6.92 Å². The van der Waals surface area contributed by atoms with Crippen LogP contribution < -0.4 is 10.6 Å². The zero-order valence-electron chi connectivity index (χ0n) is 13.3. The van der Waals surface area contributed by atoms with Gasteiger partial charge < -0.3 is 10.6 Å². The first-order valence-corrected chi connectivity index (χ1v) is 7.43. The summed E-state index contributed by atoms with van der Waals surface area (Å²) in [5, 5.41) is 5.42. The van der Waals surface area contributed by atoms with E-state index in [4.69, 9.17) is 0 Å². The standard InChI is InChI=1S/C19H20N2O2/c1-14-8-6-7-11-17(14)12-18(21-15(2)22)19(23)20-13-16-9-4-3-5-10-16/h3-12H,13H2,1-2H3,(H,20,23)(H,21,22)/b18-12+. The molecular formula is C19H20N2O2. The van der Waals surface area contributed by atoms with Gasteiger partial charge in [0.15, 0.2) is 0 Å². The zero-order valence-corrected chi connectivity index (χ0v) is 13.3. The number of hydrogen-bond donors (Lipinski definition) is 2. The molecule has 0 aliphatic carbocycles. The van der Waals surface area contributed by atoms with Gasteiger partial charge in [-0.2, -0.15) is 0 Å². The van der Waals surface area contributed by atoms with Crippen LogP contribution in [0.1, 0.15) is 23.6 Å². The number of benzene rings is 2. The third kappa shape index (κ3) is 5.11. The molecule has 0 heterocycles. The fraction of sp³-hybridized carbons (Fsp3) is 0.158. The minimum absolute atomic E-state index is 0.239. The highest BCUT2D eigenvalue weighted by molar-refractivity contribution is 6.01. The highest BCUT2D eigenvalue weighted by Crippen LogP contribution is 2.11. The second kappa shape index (κ2) is 7.94. The third-order valence-electron chi connectivity index (χ3n) is 3.34. The van der Waals surface area contributed by atoms with E-state index in [0.29, 0.717) is 6.54 Å². The summed E-state index contributed by atoms with van der Waals surface area (Å²) < 4.78 is 0. The lowest BCUT2D eigenvalue weighted by Gasteiger charge is -2.10. The lowest BCUT2D eigenvalue weighted by molar-refractivity contribution is -0.122. The van der Waals surface area contributed by atoms with E-state index >= 15 is 0 Å². The van der Waals surface area contributed by atoms with Crippen molar-refractivity contribution in [2.75, 3.05) is 0 Å². The highest BCUT2D eigenvalue weighted by Gasteiger charge is 2.11. The van der Waals surface area contributed by atoms with Crippen molar-refractivity contribution in [3.05, 3.63) is 77.0 Å². The average molecular weight is 308 g/mol. The molecule has 2 rings (SSSR count). The predicted octanol–water partition coefficient (Wildman–Crippen LogP) is 2.79. The number of carbonyl (C=O) groups is 2. The Morgan fingerprint density at radius 2 is 1.65 bits per heavy atom. The minimum atomic E-state index is -0.313. The topological polar surface area (TPSA) is 58.2 Å². The second-order valence-electron chi connectivity index (χ2n) is 5.26. The van der Waals surface area contributed by atoms with E-state index in [0.717, 1.165) is 16.7 Å². The fourth-order valence-corrected chi connectivity index (χ4v) is 2.13. The molecule has 118 valence electrons. The number of aryl methyl sites for hydroxylation is 1. The second-order valence-corrected chi connectivity index (χ2v) is 5.26. The summed E-state index contributed by atoms with van der Waals surface area (Å²) in [7, 11) is 0. The third-order valence-corrected chi connectivity index (χ3v) is 3.34. The van der Waals surface area contributed by atoms with E-state index in [2.05, 4.69) is 10.6 Å². The van der Waals surface area contributed by atoms with E-state index in [9.17, 15) is 9.59 Å². The molecule has 2 amide bonds. The maximum absolute atomic E-state index is 12.4. The van der Waals surface area contributed by atoms with Crippen LogP contribution in [0.5, 0.6) is 0 Å². The van der Waals surface area contributed by atoms with Crippen molar-refractivity contribution in [1.29, 1.82) is 0 Å². The predicted molar refractivity (Wildman–Crippen MR) is 91.3 cm³/mol. The van der Waals surface area contributed by atoms with Gasteiger partial charge in [-0.3, -0.25) is 9.59 Å². The Balaban J connectivity index is 2.16. The quantitative estimate of drug-likeness (QED) is 0.835. The van der Waals surface area contributed by atoms with Crippen LogP contribution in [0.3, 0.4) is 0 Å². The van der Waals surface area contributed by atoms with Crippen molar-refractivity contribution >= 4 is 17.9 Å². The first-order valence-electron chi connectivity index (χ1n) is 7.43. The highest BCUT2D eigenvalue weighted by atomic mass is 16.2. The van der Waals surface area contributed by atoms with Crippen molar-refractivity contribution < 1.29 is 9.59 Å². The molecule has 0 saturated carbocycles. The molecule has 0 aromatic heterocycles. The molecule has 4 heteroatoms. The van der Waals surface area contributed by atoms with Crippen LogP contribution in [-0.2, 0) is 16.1 Å². The van der Waals surface area contributed by atoms with Gasteiger partial charge in [-0.05, 0) is 29.7 Å². The van der Waals surface area contributed by atoms with Gasteiger partial charge in [0.25, 0.3) is 5.91 Å². The average Bonchev–Trinajstić information content (AvgIpc) is 2.54. The summed E-state index contributed by atoms with van der Waals surface area (Å²) in [5.74, 6) is -0.591. The van der Waals surface area contributed by atoms with Gasteiger partial charge in [0.2, 0.25) is 5.91 Å². The Kier molecular flexibility index (Phi) is 5.69. The molecule has 23 heavy (non-hydrogen) atoms. The molecule has 0 bridgehead atoms. The van der Waals surface area contributed by atoms with Gasteiger partial charge in [0.1, 0.15) is 5.70 Å². The molecule has 0 aliphatic rings. The molecule has 2 aromatic carbocycles. The van der Waals surface area contributed by atoms with Crippen LogP contribution in [0.2, 0.25) is 0 Å². The monoisotopic (exact) mass is 308 g/mol. The van der Waals surface area contributed by atoms with Crippen molar-refractivity contribution in [2.45, 2.75) is 20.4 Å². The number of rotatable bonds is 5. The van der Waals surface area contributed by atoms with E-state index in [1.165, 1.54) is 6.92 Å². The van der Waals surface area contributed by atoms with Crippen molar-refractivity contribution in [1.82, 2.24) is 10.6 Å². The summed E-state index contributed by atoms with van der Waals surface area (Å²) in [6.45, 7) is 3.75. The van der Waals surface area contributed by atoms with Gasteiger partial charge in [-0.1, -0.05) is 54.6 Å². The number of nitrogens with one attached hydrogen (secondary N) is 2. The number of hydrogen-bond acceptors (Lipinski definition) is 2. The van der Waals surface area contributed by atoms with Crippen LogP contribution in [0.25, 0.3) is 6.08 Å². The van der Waals surface area contributed by atoms with E-state index in [1.54, 1.807) is 6.08 Å². The van der Waals surface area contributed by atoms with Gasteiger partial charge in [0, 0.05) is 13.5 Å². The summed E-state index contributed by atoms with van der Waals surface area (Å²) in [5.41, 5.74) is 3.17. The van der Waals surface area contributed by atoms with Gasteiger partial charge >= 0.3 is 0 Å².